The predicted molar refractivity (Wildman–Crippen MR) is 69.0 cm³/mol. The van der Waals surface area contributed by atoms with E-state index in [0.717, 1.165) is 5.56 Å². The second kappa shape index (κ2) is 5.32. The molecular formula is C14H21NO2. The molecule has 0 saturated heterocycles. The van der Waals surface area contributed by atoms with Gasteiger partial charge in [-0.1, -0.05) is 43.7 Å². The highest BCUT2D eigenvalue weighted by atomic mass is 16.4. The van der Waals surface area contributed by atoms with Crippen LogP contribution in [0, 0.1) is 12.3 Å². The van der Waals surface area contributed by atoms with Crippen molar-refractivity contribution in [2.45, 2.75) is 33.2 Å². The minimum absolute atomic E-state index is 0.0403. The summed E-state index contributed by atoms with van der Waals surface area (Å²) in [5.41, 5.74) is 2.00. The fourth-order valence-corrected chi connectivity index (χ4v) is 2.35. The number of nitrogens with one attached hydrogen (secondary N) is 1. The second-order valence-electron chi connectivity index (χ2n) is 5.19. The van der Waals surface area contributed by atoms with Gasteiger partial charge in [0, 0.05) is 6.04 Å². The number of hydrogen-bond donors (Lipinski definition) is 2. The molecule has 0 aliphatic heterocycles. The van der Waals surface area contributed by atoms with Gasteiger partial charge in [0.05, 0.1) is 6.42 Å². The number of aliphatic carboxylic acids is 1. The Morgan fingerprint density at radius 2 is 2.12 bits per heavy atom. The second-order valence-corrected chi connectivity index (χ2v) is 5.19. The molecule has 0 aliphatic rings. The number of benzene rings is 1. The lowest BCUT2D eigenvalue weighted by Gasteiger charge is -2.33. The molecule has 17 heavy (non-hydrogen) atoms. The molecule has 1 aromatic carbocycles. The van der Waals surface area contributed by atoms with E-state index in [4.69, 9.17) is 5.11 Å². The maximum absolute atomic E-state index is 10.9. The van der Waals surface area contributed by atoms with Gasteiger partial charge in [-0.25, -0.2) is 0 Å². The van der Waals surface area contributed by atoms with Crippen LogP contribution in [0.5, 0.6) is 0 Å². The zero-order valence-electron chi connectivity index (χ0n) is 10.9. The Labute approximate surface area is 103 Å². The molecule has 0 radical (unpaired) electrons. The number of rotatable bonds is 5. The van der Waals surface area contributed by atoms with Gasteiger partial charge in [-0.2, -0.15) is 0 Å². The van der Waals surface area contributed by atoms with Gasteiger partial charge in [0.1, 0.15) is 0 Å². The summed E-state index contributed by atoms with van der Waals surface area (Å²) >= 11 is 0. The Bertz CT molecular complexity index is 399. The average Bonchev–Trinajstić information content (AvgIpc) is 2.15. The first-order chi connectivity index (χ1) is 7.86. The molecule has 3 heteroatoms. The molecule has 1 unspecified atom stereocenters. The van der Waals surface area contributed by atoms with Crippen LogP contribution in [-0.4, -0.2) is 18.1 Å². The van der Waals surface area contributed by atoms with Crippen LogP contribution in [-0.2, 0) is 4.79 Å². The zero-order valence-corrected chi connectivity index (χ0v) is 10.9. The quantitative estimate of drug-likeness (QED) is 0.825. The average molecular weight is 235 g/mol. The first-order valence-electron chi connectivity index (χ1n) is 5.82. The van der Waals surface area contributed by atoms with E-state index in [1.165, 1.54) is 5.56 Å². The molecular weight excluding hydrogens is 214 g/mol. The summed E-state index contributed by atoms with van der Waals surface area (Å²) in [5.74, 6) is -0.761. The van der Waals surface area contributed by atoms with Crippen molar-refractivity contribution >= 4 is 5.97 Å². The van der Waals surface area contributed by atoms with Gasteiger partial charge in [-0.3, -0.25) is 4.79 Å². The first-order valence-corrected chi connectivity index (χ1v) is 5.82. The lowest BCUT2D eigenvalue weighted by molar-refractivity contribution is -0.139. The fourth-order valence-electron chi connectivity index (χ4n) is 2.35. The molecule has 3 nitrogen and oxygen atoms in total. The van der Waals surface area contributed by atoms with Crippen LogP contribution in [0.2, 0.25) is 0 Å². The van der Waals surface area contributed by atoms with E-state index in [-0.39, 0.29) is 17.9 Å². The molecule has 2 N–H and O–H groups in total. The molecule has 0 aromatic heterocycles. The lowest BCUT2D eigenvalue weighted by atomic mass is 9.77. The summed E-state index contributed by atoms with van der Waals surface area (Å²) in [5, 5.41) is 12.2. The van der Waals surface area contributed by atoms with E-state index >= 15 is 0 Å². The Balaban J connectivity index is 3.02. The Kier molecular flexibility index (Phi) is 4.29. The van der Waals surface area contributed by atoms with Crippen LogP contribution in [0.15, 0.2) is 24.3 Å². The lowest BCUT2D eigenvalue weighted by Crippen LogP contribution is -2.34. The smallest absolute Gasteiger partial charge is 0.303 e. The zero-order chi connectivity index (χ0) is 13.1. The van der Waals surface area contributed by atoms with Gasteiger partial charge in [0.2, 0.25) is 0 Å². The van der Waals surface area contributed by atoms with E-state index in [1.54, 1.807) is 0 Å². The van der Waals surface area contributed by atoms with Crippen molar-refractivity contribution in [3.63, 3.8) is 0 Å². The van der Waals surface area contributed by atoms with Gasteiger partial charge in [0.15, 0.2) is 0 Å². The van der Waals surface area contributed by atoms with Crippen LogP contribution in [0.1, 0.15) is 37.4 Å². The van der Waals surface area contributed by atoms with Gasteiger partial charge in [-0.15, -0.1) is 0 Å². The minimum atomic E-state index is -0.761. The fraction of sp³-hybridized carbons (Fsp3) is 0.500. The van der Waals surface area contributed by atoms with Crippen molar-refractivity contribution in [2.24, 2.45) is 5.41 Å². The largest absolute Gasteiger partial charge is 0.481 e. The third kappa shape index (κ3) is 3.56. The highest BCUT2D eigenvalue weighted by Gasteiger charge is 2.31. The molecule has 1 rings (SSSR count). The summed E-state index contributed by atoms with van der Waals surface area (Å²) in [4.78, 5) is 10.9. The molecule has 1 aromatic rings. The normalized spacial score (nSPS) is 13.4. The monoisotopic (exact) mass is 235 g/mol. The van der Waals surface area contributed by atoms with Crippen molar-refractivity contribution in [2.75, 3.05) is 7.05 Å². The predicted octanol–water partition coefficient (Wildman–Crippen LogP) is 2.76. The Morgan fingerprint density at radius 3 is 2.59 bits per heavy atom. The highest BCUT2D eigenvalue weighted by molar-refractivity contribution is 5.67. The van der Waals surface area contributed by atoms with Gasteiger partial charge >= 0.3 is 5.97 Å². The standard InChI is InChI=1S/C14H21NO2/c1-10-6-5-7-11(8-10)13(15-4)14(2,3)9-12(16)17/h5-8,13,15H,9H2,1-4H3,(H,16,17). The molecule has 0 saturated carbocycles. The topological polar surface area (TPSA) is 49.3 Å². The summed E-state index contributed by atoms with van der Waals surface area (Å²) in [6.45, 7) is 6.00. The molecule has 0 aliphatic carbocycles. The third-order valence-corrected chi connectivity index (χ3v) is 3.05. The summed E-state index contributed by atoms with van der Waals surface area (Å²) in [7, 11) is 1.87. The highest BCUT2D eigenvalue weighted by Crippen LogP contribution is 2.36. The molecule has 1 atom stereocenters. The van der Waals surface area contributed by atoms with Gasteiger partial charge < -0.3 is 10.4 Å². The van der Waals surface area contributed by atoms with Crippen LogP contribution < -0.4 is 5.32 Å². The number of aryl methyl sites for hydroxylation is 1. The Morgan fingerprint density at radius 1 is 1.47 bits per heavy atom. The summed E-state index contributed by atoms with van der Waals surface area (Å²) in [6, 6.07) is 8.23. The van der Waals surface area contributed by atoms with Gasteiger partial charge in [0.25, 0.3) is 0 Å². The molecule has 0 bridgehead atoms. The SMILES string of the molecule is CNC(c1cccc(C)c1)C(C)(C)CC(=O)O. The summed E-state index contributed by atoms with van der Waals surface area (Å²) in [6.07, 6.45) is 0.145. The first kappa shape index (κ1) is 13.7. The molecule has 0 heterocycles. The van der Waals surface area contributed by atoms with Crippen LogP contribution in [0.4, 0.5) is 0 Å². The van der Waals surface area contributed by atoms with Crippen LogP contribution >= 0.6 is 0 Å². The van der Waals surface area contributed by atoms with E-state index in [2.05, 4.69) is 11.4 Å². The maximum atomic E-state index is 10.9. The molecule has 94 valence electrons. The minimum Gasteiger partial charge on any atom is -0.481 e. The number of carbonyl (C=O) groups is 1. The Hall–Kier alpha value is -1.35. The van der Waals surface area contributed by atoms with E-state index < -0.39 is 5.97 Å². The number of hydrogen-bond acceptors (Lipinski definition) is 2. The van der Waals surface area contributed by atoms with Crippen molar-refractivity contribution in [3.05, 3.63) is 35.4 Å². The molecule has 0 spiro atoms. The van der Waals surface area contributed by atoms with Crippen molar-refractivity contribution in [3.8, 4) is 0 Å². The van der Waals surface area contributed by atoms with Crippen molar-refractivity contribution < 1.29 is 9.90 Å². The van der Waals surface area contributed by atoms with Crippen LogP contribution in [0.3, 0.4) is 0 Å². The van der Waals surface area contributed by atoms with Crippen molar-refractivity contribution in [1.82, 2.24) is 5.32 Å². The maximum Gasteiger partial charge on any atom is 0.303 e. The molecule has 0 amide bonds. The van der Waals surface area contributed by atoms with E-state index in [1.807, 2.05) is 46.0 Å². The van der Waals surface area contributed by atoms with E-state index in [0.29, 0.717) is 0 Å². The van der Waals surface area contributed by atoms with E-state index in [9.17, 15) is 4.79 Å². The van der Waals surface area contributed by atoms with Crippen molar-refractivity contribution in [1.29, 1.82) is 0 Å². The number of carboxylic acids is 1. The van der Waals surface area contributed by atoms with Crippen LogP contribution in [0.25, 0.3) is 0 Å². The number of carboxylic acid groups (broad SMARTS) is 1. The summed E-state index contributed by atoms with van der Waals surface area (Å²) < 4.78 is 0. The van der Waals surface area contributed by atoms with Gasteiger partial charge in [-0.05, 0) is 24.9 Å². The molecule has 0 fully saturated rings. The third-order valence-electron chi connectivity index (χ3n) is 3.05.